The Morgan fingerprint density at radius 1 is 1.18 bits per heavy atom. The van der Waals surface area contributed by atoms with E-state index < -0.39 is 33.0 Å². The lowest BCUT2D eigenvalue weighted by Gasteiger charge is -2.40. The SMILES string of the molecule is CN1C(=N)N[C@](C)(c2cc(NC(=O)c3cnc(OCCOCc4ccccc4)cn3)ccc2F)CS1(=O)=O. The van der Waals surface area contributed by atoms with Crippen LogP contribution >= 0.6 is 0 Å². The molecule has 0 bridgehead atoms. The van der Waals surface area contributed by atoms with E-state index in [-0.39, 0.29) is 35.4 Å². The predicted octanol–water partition coefficient (Wildman–Crippen LogP) is 2.48. The van der Waals surface area contributed by atoms with E-state index in [1.165, 1.54) is 38.5 Å². The Morgan fingerprint density at radius 3 is 2.63 bits per heavy atom. The van der Waals surface area contributed by atoms with Gasteiger partial charge in [0.05, 0.1) is 36.9 Å². The van der Waals surface area contributed by atoms with Crippen molar-refractivity contribution in [2.24, 2.45) is 0 Å². The van der Waals surface area contributed by atoms with Crippen molar-refractivity contribution in [3.8, 4) is 5.88 Å². The average molecular weight is 543 g/mol. The Balaban J connectivity index is 1.35. The van der Waals surface area contributed by atoms with E-state index in [2.05, 4.69) is 20.6 Å². The van der Waals surface area contributed by atoms with E-state index in [0.29, 0.717) is 13.2 Å². The normalized spacial score (nSPS) is 18.5. The van der Waals surface area contributed by atoms with Gasteiger partial charge in [0.25, 0.3) is 5.91 Å². The van der Waals surface area contributed by atoms with E-state index >= 15 is 0 Å². The number of carbonyl (C=O) groups is 1. The highest BCUT2D eigenvalue weighted by atomic mass is 32.2. The van der Waals surface area contributed by atoms with E-state index in [1.807, 2.05) is 30.3 Å². The third-order valence-corrected chi connectivity index (χ3v) is 7.83. The van der Waals surface area contributed by atoms with Crippen molar-refractivity contribution in [3.63, 3.8) is 0 Å². The lowest BCUT2D eigenvalue weighted by molar-refractivity contribution is 0.0872. The first-order chi connectivity index (χ1) is 18.1. The van der Waals surface area contributed by atoms with Crippen LogP contribution in [-0.2, 0) is 26.9 Å². The monoisotopic (exact) mass is 542 g/mol. The minimum atomic E-state index is -3.83. The number of aromatic nitrogens is 2. The fraction of sp³-hybridized carbons (Fsp3) is 0.280. The highest BCUT2D eigenvalue weighted by Crippen LogP contribution is 2.31. The molecule has 11 nitrogen and oxygen atoms in total. The van der Waals surface area contributed by atoms with E-state index in [0.717, 1.165) is 15.9 Å². The maximum absolute atomic E-state index is 14.7. The highest BCUT2D eigenvalue weighted by Gasteiger charge is 2.43. The van der Waals surface area contributed by atoms with Crippen molar-refractivity contribution in [2.45, 2.75) is 19.1 Å². The third kappa shape index (κ3) is 6.23. The predicted molar refractivity (Wildman–Crippen MR) is 138 cm³/mol. The summed E-state index contributed by atoms with van der Waals surface area (Å²) in [5, 5.41) is 13.3. The Hall–Kier alpha value is -4.10. The molecule has 3 aromatic rings. The van der Waals surface area contributed by atoms with Crippen LogP contribution in [0.4, 0.5) is 10.1 Å². The molecule has 0 aliphatic carbocycles. The molecule has 1 atom stereocenters. The second-order valence-corrected chi connectivity index (χ2v) is 10.8. The van der Waals surface area contributed by atoms with Crippen LogP contribution in [0.15, 0.2) is 60.9 Å². The molecule has 0 spiro atoms. The van der Waals surface area contributed by atoms with Gasteiger partial charge in [0, 0.05) is 18.3 Å². The zero-order valence-corrected chi connectivity index (χ0v) is 21.6. The number of benzene rings is 2. The zero-order valence-electron chi connectivity index (χ0n) is 20.8. The molecule has 1 amide bonds. The van der Waals surface area contributed by atoms with Gasteiger partial charge in [0.15, 0.2) is 0 Å². The first-order valence-electron chi connectivity index (χ1n) is 11.6. The van der Waals surface area contributed by atoms with Crippen LogP contribution in [0.3, 0.4) is 0 Å². The molecule has 1 aliphatic heterocycles. The number of sulfonamides is 1. The lowest BCUT2D eigenvalue weighted by Crippen LogP contribution is -2.61. The van der Waals surface area contributed by atoms with Crippen molar-refractivity contribution >= 4 is 27.6 Å². The van der Waals surface area contributed by atoms with E-state index in [9.17, 15) is 17.6 Å². The highest BCUT2D eigenvalue weighted by molar-refractivity contribution is 7.89. The molecule has 0 unspecified atom stereocenters. The molecule has 0 radical (unpaired) electrons. The van der Waals surface area contributed by atoms with Gasteiger partial charge in [-0.15, -0.1) is 0 Å². The van der Waals surface area contributed by atoms with Crippen LogP contribution in [0, 0.1) is 11.2 Å². The van der Waals surface area contributed by atoms with Crippen LogP contribution in [0.1, 0.15) is 28.5 Å². The van der Waals surface area contributed by atoms with Crippen LogP contribution < -0.4 is 15.4 Å². The van der Waals surface area contributed by atoms with Gasteiger partial charge in [-0.3, -0.25) is 10.2 Å². The number of nitrogens with one attached hydrogen (secondary N) is 3. The maximum Gasteiger partial charge on any atom is 0.275 e. The Morgan fingerprint density at radius 2 is 1.95 bits per heavy atom. The second kappa shape index (κ2) is 11.1. The Kier molecular flexibility index (Phi) is 7.88. The van der Waals surface area contributed by atoms with Crippen molar-refractivity contribution in [1.29, 1.82) is 5.41 Å². The van der Waals surface area contributed by atoms with Crippen LogP contribution in [0.2, 0.25) is 0 Å². The first kappa shape index (κ1) is 26.9. The number of ether oxygens (including phenoxy) is 2. The molecule has 200 valence electrons. The summed E-state index contributed by atoms with van der Waals surface area (Å²) in [6.07, 6.45) is 2.55. The molecule has 2 heterocycles. The summed E-state index contributed by atoms with van der Waals surface area (Å²) in [5.74, 6) is -1.92. The van der Waals surface area contributed by atoms with E-state index in [1.54, 1.807) is 0 Å². The molecule has 1 saturated heterocycles. The number of halogens is 1. The molecular formula is C25H27FN6O5S. The minimum Gasteiger partial charge on any atom is -0.474 e. The smallest absolute Gasteiger partial charge is 0.275 e. The number of hydrogen-bond donors (Lipinski definition) is 3. The summed E-state index contributed by atoms with van der Waals surface area (Å²) in [6.45, 7) is 2.54. The average Bonchev–Trinajstić information content (AvgIpc) is 2.89. The zero-order chi connectivity index (χ0) is 27.3. The fourth-order valence-electron chi connectivity index (χ4n) is 3.82. The summed E-state index contributed by atoms with van der Waals surface area (Å²) < 4.78 is 51.5. The van der Waals surface area contributed by atoms with Gasteiger partial charge in [-0.2, -0.15) is 0 Å². The molecule has 2 aromatic carbocycles. The van der Waals surface area contributed by atoms with Gasteiger partial charge in [-0.25, -0.2) is 27.1 Å². The number of carbonyl (C=O) groups excluding carboxylic acids is 1. The van der Waals surface area contributed by atoms with Crippen molar-refractivity contribution in [3.05, 3.63) is 83.6 Å². The van der Waals surface area contributed by atoms with Crippen LogP contribution in [0.5, 0.6) is 5.88 Å². The summed E-state index contributed by atoms with van der Waals surface area (Å²) in [6, 6.07) is 13.5. The van der Waals surface area contributed by atoms with Gasteiger partial charge < -0.3 is 20.1 Å². The van der Waals surface area contributed by atoms with Crippen molar-refractivity contribution in [1.82, 2.24) is 19.6 Å². The van der Waals surface area contributed by atoms with Crippen LogP contribution in [-0.4, -0.2) is 60.6 Å². The number of anilines is 1. The Bertz CT molecular complexity index is 1420. The first-order valence-corrected chi connectivity index (χ1v) is 13.2. The molecular weight excluding hydrogens is 515 g/mol. The fourth-order valence-corrected chi connectivity index (χ4v) is 5.30. The van der Waals surface area contributed by atoms with Gasteiger partial charge in [0.2, 0.25) is 21.9 Å². The number of nitrogens with zero attached hydrogens (tertiary/aromatic N) is 3. The second-order valence-electron chi connectivity index (χ2n) is 8.80. The van der Waals surface area contributed by atoms with Crippen LogP contribution in [0.25, 0.3) is 0 Å². The molecule has 1 aromatic heterocycles. The molecule has 1 fully saturated rings. The number of amides is 1. The molecule has 0 saturated carbocycles. The number of guanidine groups is 1. The molecule has 38 heavy (non-hydrogen) atoms. The van der Waals surface area contributed by atoms with Gasteiger partial charge >= 0.3 is 0 Å². The lowest BCUT2D eigenvalue weighted by atomic mass is 9.93. The number of rotatable bonds is 9. The third-order valence-electron chi connectivity index (χ3n) is 5.87. The maximum atomic E-state index is 14.7. The quantitative estimate of drug-likeness (QED) is 0.350. The summed E-state index contributed by atoms with van der Waals surface area (Å²) in [4.78, 5) is 20.8. The molecule has 4 rings (SSSR count). The summed E-state index contributed by atoms with van der Waals surface area (Å²) >= 11 is 0. The molecule has 3 N–H and O–H groups in total. The molecule has 1 aliphatic rings. The minimum absolute atomic E-state index is 0.00321. The topological polar surface area (TPSA) is 147 Å². The van der Waals surface area contributed by atoms with Gasteiger partial charge in [0.1, 0.15) is 18.1 Å². The summed E-state index contributed by atoms with van der Waals surface area (Å²) in [5.41, 5.74) is -0.165. The van der Waals surface area contributed by atoms with E-state index in [4.69, 9.17) is 14.9 Å². The largest absolute Gasteiger partial charge is 0.474 e. The van der Waals surface area contributed by atoms with Gasteiger partial charge in [-0.1, -0.05) is 30.3 Å². The standard InChI is InChI=1S/C25H27FN6O5S/c1-25(16-38(34,35)32(2)24(27)31-25)19-12-18(8-9-20(19)26)30-23(33)21-13-29-22(14-28-21)37-11-10-36-15-17-6-4-3-5-7-17/h3-9,12-14H,10-11,15-16H2,1-2H3,(H2,27,31)(H,30,33)/t25-/m0/s1. The van der Waals surface area contributed by atoms with Crippen molar-refractivity contribution in [2.75, 3.05) is 31.3 Å². The van der Waals surface area contributed by atoms with Gasteiger partial charge in [-0.05, 0) is 30.7 Å². The number of hydrogen-bond acceptors (Lipinski definition) is 8. The Labute approximate surface area is 219 Å². The summed E-state index contributed by atoms with van der Waals surface area (Å²) in [7, 11) is -2.59. The molecule has 13 heteroatoms. The van der Waals surface area contributed by atoms with Crippen molar-refractivity contribution < 1.29 is 27.1 Å².